The van der Waals surface area contributed by atoms with E-state index in [4.69, 9.17) is 0 Å². The summed E-state index contributed by atoms with van der Waals surface area (Å²) >= 11 is 0. The molecule has 0 aromatic carbocycles. The average molecular weight is 264 g/mol. The van der Waals surface area contributed by atoms with E-state index in [1.807, 2.05) is 0 Å². The van der Waals surface area contributed by atoms with Crippen LogP contribution in [0.2, 0.25) is 0 Å². The van der Waals surface area contributed by atoms with Crippen LogP contribution < -0.4 is 0 Å². The van der Waals surface area contributed by atoms with Crippen molar-refractivity contribution in [3.63, 3.8) is 0 Å². The van der Waals surface area contributed by atoms with Gasteiger partial charge in [-0.05, 0) is 60.7 Å². The molecule has 0 radical (unpaired) electrons. The fourth-order valence-corrected chi connectivity index (χ4v) is 6.08. The predicted octanol–water partition coefficient (Wildman–Crippen LogP) is 4.78. The molecule has 3 saturated carbocycles. The van der Waals surface area contributed by atoms with Gasteiger partial charge < -0.3 is 5.11 Å². The number of rotatable bonds is 2. The third-order valence-electron chi connectivity index (χ3n) is 7.88. The highest BCUT2D eigenvalue weighted by Gasteiger charge is 2.65. The van der Waals surface area contributed by atoms with Gasteiger partial charge in [-0.15, -0.1) is 0 Å². The quantitative estimate of drug-likeness (QED) is 0.761. The van der Waals surface area contributed by atoms with Crippen LogP contribution in [0.25, 0.3) is 0 Å². The third-order valence-corrected chi connectivity index (χ3v) is 7.88. The summed E-state index contributed by atoms with van der Waals surface area (Å²) in [5.41, 5.74) is 0.467. The van der Waals surface area contributed by atoms with Gasteiger partial charge in [0.05, 0.1) is 5.60 Å². The Balaban J connectivity index is 1.87. The third kappa shape index (κ3) is 1.76. The molecule has 3 aliphatic rings. The Morgan fingerprint density at radius 3 is 2.37 bits per heavy atom. The SMILES string of the molecule is CCC1CCCC(O)([C@H]2C[C@@H]3CC[C@@]2(C)C3(C)C)C1. The van der Waals surface area contributed by atoms with Gasteiger partial charge in [0.25, 0.3) is 0 Å². The van der Waals surface area contributed by atoms with E-state index in [0.717, 1.165) is 24.7 Å². The molecular formula is C18H32O. The van der Waals surface area contributed by atoms with Crippen molar-refractivity contribution in [2.45, 2.75) is 84.7 Å². The van der Waals surface area contributed by atoms with Crippen molar-refractivity contribution >= 4 is 0 Å². The Bertz CT molecular complexity index is 361. The van der Waals surface area contributed by atoms with Gasteiger partial charge in [0.15, 0.2) is 0 Å². The van der Waals surface area contributed by atoms with Gasteiger partial charge in [-0.3, -0.25) is 0 Å². The van der Waals surface area contributed by atoms with E-state index < -0.39 is 0 Å². The van der Waals surface area contributed by atoms with Crippen molar-refractivity contribution in [1.82, 2.24) is 0 Å². The fraction of sp³-hybridized carbons (Fsp3) is 1.00. The molecule has 3 aliphatic carbocycles. The summed E-state index contributed by atoms with van der Waals surface area (Å²) in [7, 11) is 0. The maximum Gasteiger partial charge on any atom is 0.0684 e. The molecule has 0 amide bonds. The monoisotopic (exact) mass is 264 g/mol. The van der Waals surface area contributed by atoms with Crippen LogP contribution in [-0.4, -0.2) is 10.7 Å². The molecule has 1 N–H and O–H groups in total. The molecule has 3 rings (SSSR count). The molecule has 0 aromatic rings. The lowest BCUT2D eigenvalue weighted by Gasteiger charge is -2.50. The summed E-state index contributed by atoms with van der Waals surface area (Å²) in [6, 6.07) is 0. The van der Waals surface area contributed by atoms with Gasteiger partial charge in [-0.2, -0.15) is 0 Å². The first kappa shape index (κ1) is 13.9. The van der Waals surface area contributed by atoms with Crippen molar-refractivity contribution in [3.05, 3.63) is 0 Å². The average Bonchev–Trinajstić information content (AvgIpc) is 2.71. The molecule has 0 aliphatic heterocycles. The molecular weight excluding hydrogens is 232 g/mol. The minimum Gasteiger partial charge on any atom is -0.390 e. The van der Waals surface area contributed by atoms with Crippen molar-refractivity contribution in [3.8, 4) is 0 Å². The summed E-state index contributed by atoms with van der Waals surface area (Å²) in [6.07, 6.45) is 10.00. The molecule has 0 saturated heterocycles. The zero-order valence-corrected chi connectivity index (χ0v) is 13.3. The molecule has 19 heavy (non-hydrogen) atoms. The summed E-state index contributed by atoms with van der Waals surface area (Å²) in [5.74, 6) is 2.18. The van der Waals surface area contributed by atoms with Crippen LogP contribution in [0.5, 0.6) is 0 Å². The van der Waals surface area contributed by atoms with E-state index >= 15 is 0 Å². The molecule has 0 aromatic heterocycles. The lowest BCUT2D eigenvalue weighted by Crippen LogP contribution is -2.49. The minimum atomic E-state index is -0.347. The van der Waals surface area contributed by atoms with Crippen molar-refractivity contribution < 1.29 is 5.11 Å². The van der Waals surface area contributed by atoms with Crippen LogP contribution in [0.15, 0.2) is 0 Å². The van der Waals surface area contributed by atoms with E-state index in [9.17, 15) is 5.11 Å². The Kier molecular flexibility index (Phi) is 3.10. The van der Waals surface area contributed by atoms with E-state index in [1.54, 1.807) is 0 Å². The van der Waals surface area contributed by atoms with Gasteiger partial charge in [0, 0.05) is 0 Å². The largest absolute Gasteiger partial charge is 0.390 e. The molecule has 110 valence electrons. The highest BCUT2D eigenvalue weighted by Crippen LogP contribution is 2.71. The molecule has 3 fully saturated rings. The first-order valence-corrected chi connectivity index (χ1v) is 8.56. The van der Waals surface area contributed by atoms with Crippen LogP contribution in [0, 0.1) is 28.6 Å². The highest BCUT2D eigenvalue weighted by molar-refractivity contribution is 5.15. The molecule has 1 heteroatoms. The summed E-state index contributed by atoms with van der Waals surface area (Å²) < 4.78 is 0. The maximum absolute atomic E-state index is 11.4. The van der Waals surface area contributed by atoms with Crippen LogP contribution in [-0.2, 0) is 0 Å². The lowest BCUT2D eigenvalue weighted by atomic mass is 9.58. The van der Waals surface area contributed by atoms with Crippen LogP contribution in [0.3, 0.4) is 0 Å². The van der Waals surface area contributed by atoms with Gasteiger partial charge in [-0.1, -0.05) is 47.0 Å². The number of fused-ring (bicyclic) bond motifs is 2. The second-order valence-corrected chi connectivity index (χ2v) is 8.64. The van der Waals surface area contributed by atoms with E-state index in [0.29, 0.717) is 16.7 Å². The smallest absolute Gasteiger partial charge is 0.0684 e. The van der Waals surface area contributed by atoms with E-state index in [1.165, 1.54) is 38.5 Å². The Morgan fingerprint density at radius 2 is 1.84 bits per heavy atom. The van der Waals surface area contributed by atoms with Gasteiger partial charge in [0.2, 0.25) is 0 Å². The second-order valence-electron chi connectivity index (χ2n) is 8.64. The Hall–Kier alpha value is -0.0400. The normalized spacial score (nSPS) is 52.6. The first-order chi connectivity index (χ1) is 8.83. The summed E-state index contributed by atoms with van der Waals surface area (Å²) in [5, 5.41) is 11.4. The Labute approximate surface area is 119 Å². The molecule has 2 bridgehead atoms. The predicted molar refractivity (Wildman–Crippen MR) is 79.9 cm³/mol. The number of hydrogen-bond donors (Lipinski definition) is 1. The Morgan fingerprint density at radius 1 is 1.11 bits per heavy atom. The molecule has 1 nitrogen and oxygen atoms in total. The second kappa shape index (κ2) is 4.23. The molecule has 0 heterocycles. The zero-order chi connectivity index (χ0) is 13.9. The molecule has 2 unspecified atom stereocenters. The van der Waals surface area contributed by atoms with Crippen LogP contribution in [0.1, 0.15) is 79.1 Å². The zero-order valence-electron chi connectivity index (χ0n) is 13.3. The van der Waals surface area contributed by atoms with Crippen LogP contribution >= 0.6 is 0 Å². The maximum atomic E-state index is 11.4. The van der Waals surface area contributed by atoms with Gasteiger partial charge in [-0.25, -0.2) is 0 Å². The summed E-state index contributed by atoms with van der Waals surface area (Å²) in [6.45, 7) is 9.71. The standard InChI is InChI=1S/C18H32O/c1-5-13-7-6-9-18(19,12-13)15-11-14-8-10-17(15,4)16(14,2)3/h13-15,19H,5-12H2,1-4H3/t13?,14-,15-,17+,18?/m0/s1. The van der Waals surface area contributed by atoms with Crippen molar-refractivity contribution in [1.29, 1.82) is 0 Å². The number of hydrogen-bond acceptors (Lipinski definition) is 1. The van der Waals surface area contributed by atoms with E-state index in [-0.39, 0.29) is 5.60 Å². The lowest BCUT2D eigenvalue weighted by molar-refractivity contribution is -0.113. The van der Waals surface area contributed by atoms with Crippen LogP contribution in [0.4, 0.5) is 0 Å². The van der Waals surface area contributed by atoms with Gasteiger partial charge in [0.1, 0.15) is 0 Å². The van der Waals surface area contributed by atoms with Gasteiger partial charge >= 0.3 is 0 Å². The topological polar surface area (TPSA) is 20.2 Å². The van der Waals surface area contributed by atoms with E-state index in [2.05, 4.69) is 27.7 Å². The highest BCUT2D eigenvalue weighted by atomic mass is 16.3. The van der Waals surface area contributed by atoms with Crippen molar-refractivity contribution in [2.24, 2.45) is 28.6 Å². The molecule has 5 atom stereocenters. The molecule has 0 spiro atoms. The number of aliphatic hydroxyl groups is 1. The van der Waals surface area contributed by atoms with Crippen molar-refractivity contribution in [2.75, 3.05) is 0 Å². The fourth-order valence-electron chi connectivity index (χ4n) is 6.08. The minimum absolute atomic E-state index is 0.347. The first-order valence-electron chi connectivity index (χ1n) is 8.56. The summed E-state index contributed by atoms with van der Waals surface area (Å²) in [4.78, 5) is 0.